The van der Waals surface area contributed by atoms with Gasteiger partial charge < -0.3 is 0 Å². The number of hydrogen-bond acceptors (Lipinski definition) is 1. The molecule has 0 aliphatic rings. The Bertz CT molecular complexity index is 22.0. The second-order valence-corrected chi connectivity index (χ2v) is 3.71. The molecule has 0 atom stereocenters. The van der Waals surface area contributed by atoms with Gasteiger partial charge in [-0.1, -0.05) is 0 Å². The Morgan fingerprint density at radius 2 is 2.25 bits per heavy atom. The molecule has 4 heavy (non-hydrogen) atoms. The Balaban J connectivity index is 2.30. The Kier molecular flexibility index (Phi) is 5.63. The van der Waals surface area contributed by atoms with Gasteiger partial charge in [-0.3, -0.25) is 0 Å². The monoisotopic (exact) mass is 264 g/mol. The third-order valence-electron chi connectivity index (χ3n) is 0.0329. The maximum absolute atomic E-state index is 9.32. The van der Waals surface area contributed by atoms with E-state index in [1.807, 2.05) is 0 Å². The van der Waals surface area contributed by atoms with Crippen molar-refractivity contribution < 1.29 is 23.0 Å². The molecule has 0 fully saturated rings. The predicted octanol–water partition coefficient (Wildman–Crippen LogP) is 0.807. The van der Waals surface area contributed by atoms with Gasteiger partial charge in [-0.2, -0.15) is 0 Å². The first-order valence-electron chi connectivity index (χ1n) is 0.604. The summed E-state index contributed by atoms with van der Waals surface area (Å²) in [4.78, 5) is 0. The quantitative estimate of drug-likeness (QED) is 0.389. The average molecular weight is 265 g/mol. The molecular weight excluding hydrogens is 263 g/mol. The molecule has 0 saturated carbocycles. The van der Waals surface area contributed by atoms with Crippen LogP contribution in [0.4, 0.5) is 0 Å². The zero-order chi connectivity index (χ0) is 3.41. The Hall–Kier alpha value is 1.27. The van der Waals surface area contributed by atoms with Crippen LogP contribution in [-0.4, -0.2) is 2.65 Å². The first kappa shape index (κ1) is 5.27. The van der Waals surface area contributed by atoms with Crippen LogP contribution in [0, 0.1) is 0 Å². The molecule has 0 aromatic rings. The van der Waals surface area contributed by atoms with Crippen LogP contribution in [0.15, 0.2) is 0 Å². The van der Waals surface area contributed by atoms with E-state index in [2.05, 4.69) is 22.6 Å². The molecule has 0 unspecified atom stereocenters. The molecule has 0 aliphatic carbocycles. The normalized spacial score (nSPS) is 8.25. The minimum absolute atomic E-state index is 0.137. The van der Waals surface area contributed by atoms with E-state index >= 15 is 0 Å². The van der Waals surface area contributed by atoms with Crippen LogP contribution in [0.5, 0.6) is 0 Å². The van der Waals surface area contributed by atoms with E-state index in [-0.39, 0.29) is 19.7 Å². The van der Waals surface area contributed by atoms with Crippen molar-refractivity contribution in [1.82, 2.24) is 0 Å². The van der Waals surface area contributed by atoms with Gasteiger partial charge >= 0.3 is 48.2 Å². The summed E-state index contributed by atoms with van der Waals surface area (Å²) in [6.07, 6.45) is 0. The van der Waals surface area contributed by atoms with Crippen LogP contribution in [-0.2, 0) is 23.0 Å². The molecule has 3 heteroatoms. The third kappa shape index (κ3) is 3.27. The molecule has 0 aliphatic heterocycles. The fraction of sp³-hybridized carbons (Fsp3) is 1.00. The van der Waals surface area contributed by atoms with E-state index < -0.39 is 0 Å². The van der Waals surface area contributed by atoms with E-state index in [1.54, 1.807) is 0 Å². The first-order valence-corrected chi connectivity index (χ1v) is 3.78. The van der Waals surface area contributed by atoms with Gasteiger partial charge in [0.25, 0.3) is 0 Å². The SMILES string of the molecule is [O]=[Ag][CH2]I. The van der Waals surface area contributed by atoms with Crippen molar-refractivity contribution in [3.63, 3.8) is 0 Å². The molecule has 30 valence electrons. The van der Waals surface area contributed by atoms with Crippen LogP contribution in [0.25, 0.3) is 0 Å². The molecule has 0 spiro atoms. The van der Waals surface area contributed by atoms with Crippen LogP contribution in [0.3, 0.4) is 0 Å². The molecule has 0 amide bonds. The van der Waals surface area contributed by atoms with Crippen molar-refractivity contribution in [3.8, 4) is 0 Å². The average Bonchev–Trinajstić information content (AvgIpc) is 1.37. The van der Waals surface area contributed by atoms with Crippen molar-refractivity contribution in [2.45, 2.75) is 0 Å². The molecule has 0 heterocycles. The van der Waals surface area contributed by atoms with E-state index in [0.29, 0.717) is 0 Å². The van der Waals surface area contributed by atoms with Gasteiger partial charge in [0, 0.05) is 0 Å². The van der Waals surface area contributed by atoms with Gasteiger partial charge in [0.1, 0.15) is 0 Å². The summed E-state index contributed by atoms with van der Waals surface area (Å²) in [7, 11) is 0. The molecule has 0 aromatic carbocycles. The number of rotatable bonds is 1. The van der Waals surface area contributed by atoms with Crippen LogP contribution >= 0.6 is 22.6 Å². The van der Waals surface area contributed by atoms with Crippen molar-refractivity contribution in [2.24, 2.45) is 0 Å². The van der Waals surface area contributed by atoms with Gasteiger partial charge in [0.15, 0.2) is 0 Å². The third-order valence-corrected chi connectivity index (χ3v) is 1.31. The summed E-state index contributed by atoms with van der Waals surface area (Å²) in [5.74, 6) is 0. The Morgan fingerprint density at radius 1 is 2.00 bits per heavy atom. The summed E-state index contributed by atoms with van der Waals surface area (Å²) < 4.78 is 10.1. The molecular formula is CH2AgIO. The second kappa shape index (κ2) is 4.27. The van der Waals surface area contributed by atoms with E-state index in [4.69, 9.17) is 0 Å². The second-order valence-electron chi connectivity index (χ2n) is 0.168. The summed E-state index contributed by atoms with van der Waals surface area (Å²) in [5, 5.41) is 0. The standard InChI is InChI=1S/CH2I.Ag.O/c1-2;;/h1H2;;. The predicted molar refractivity (Wildman–Crippen MR) is 19.6 cm³/mol. The molecule has 0 saturated heterocycles. The Morgan fingerprint density at radius 3 is 2.25 bits per heavy atom. The Labute approximate surface area is 48.0 Å². The molecule has 1 nitrogen and oxygen atoms in total. The fourth-order valence-corrected chi connectivity index (χ4v) is 0. The number of hydrogen-bond donors (Lipinski definition) is 0. The summed E-state index contributed by atoms with van der Waals surface area (Å²) in [6.45, 7) is 0. The van der Waals surface area contributed by atoms with Crippen molar-refractivity contribution in [1.29, 1.82) is 0 Å². The molecule has 0 N–H and O–H groups in total. The molecule has 0 rings (SSSR count). The fourth-order valence-electron chi connectivity index (χ4n) is 0. The summed E-state index contributed by atoms with van der Waals surface area (Å²) in [5.41, 5.74) is 0. The van der Waals surface area contributed by atoms with Gasteiger partial charge in [-0.25, -0.2) is 0 Å². The molecule has 0 radical (unpaired) electrons. The van der Waals surface area contributed by atoms with Gasteiger partial charge in [0.2, 0.25) is 0 Å². The van der Waals surface area contributed by atoms with Gasteiger partial charge in [0.05, 0.1) is 0 Å². The van der Waals surface area contributed by atoms with Crippen molar-refractivity contribution in [3.05, 3.63) is 0 Å². The van der Waals surface area contributed by atoms with Crippen molar-refractivity contribution >= 4 is 22.6 Å². The molecule has 0 bridgehead atoms. The van der Waals surface area contributed by atoms with E-state index in [9.17, 15) is 3.25 Å². The van der Waals surface area contributed by atoms with Crippen LogP contribution in [0.1, 0.15) is 0 Å². The minimum atomic E-state index is -0.137. The van der Waals surface area contributed by atoms with Crippen molar-refractivity contribution in [2.75, 3.05) is 2.65 Å². The van der Waals surface area contributed by atoms with Crippen LogP contribution in [0.2, 0.25) is 0 Å². The maximum atomic E-state index is 9.32. The van der Waals surface area contributed by atoms with Gasteiger partial charge in [-0.15, -0.1) is 0 Å². The zero-order valence-corrected chi connectivity index (χ0v) is 5.43. The first-order chi connectivity index (χ1) is 1.91. The van der Waals surface area contributed by atoms with E-state index in [0.717, 1.165) is 2.65 Å². The zero-order valence-electron chi connectivity index (χ0n) is 1.79. The summed E-state index contributed by atoms with van der Waals surface area (Å²) >= 11 is 1.92. The summed E-state index contributed by atoms with van der Waals surface area (Å²) in [6, 6.07) is 0. The molecule has 0 aromatic heterocycles. The van der Waals surface area contributed by atoms with Crippen LogP contribution < -0.4 is 0 Å². The topological polar surface area (TPSA) is 17.1 Å². The number of halogens is 1. The number of alkyl halides is 1. The van der Waals surface area contributed by atoms with E-state index in [1.165, 1.54) is 0 Å². The van der Waals surface area contributed by atoms with Gasteiger partial charge in [-0.05, 0) is 0 Å².